The summed E-state index contributed by atoms with van der Waals surface area (Å²) in [5, 5.41) is 15.0. The van der Waals surface area contributed by atoms with Gasteiger partial charge < -0.3 is 16.3 Å². The van der Waals surface area contributed by atoms with E-state index in [1.54, 1.807) is 6.20 Å². The lowest BCUT2D eigenvalue weighted by atomic mass is 10.0. The Morgan fingerprint density at radius 3 is 2.89 bits per heavy atom. The predicted octanol–water partition coefficient (Wildman–Crippen LogP) is 1.70. The molecule has 1 rings (SSSR count). The topological polar surface area (TPSA) is 83.5 Å². The van der Waals surface area contributed by atoms with Crippen molar-refractivity contribution in [3.63, 3.8) is 0 Å². The highest BCUT2D eigenvalue weighted by molar-refractivity contribution is 5.95. The van der Waals surface area contributed by atoms with Crippen molar-refractivity contribution in [2.45, 2.75) is 39.8 Å². The Morgan fingerprint density at radius 2 is 2.28 bits per heavy atom. The lowest BCUT2D eigenvalue weighted by Gasteiger charge is -2.20. The largest absolute Gasteiger partial charge is 0.409 e. The van der Waals surface area contributed by atoms with Crippen LogP contribution in [-0.4, -0.2) is 22.1 Å². The third kappa shape index (κ3) is 4.00. The van der Waals surface area contributed by atoms with E-state index in [-0.39, 0.29) is 5.84 Å². The summed E-state index contributed by atoms with van der Waals surface area (Å²) in [6.07, 6.45) is 2.82. The first-order valence-electron chi connectivity index (χ1n) is 6.24. The highest BCUT2D eigenvalue weighted by atomic mass is 16.4. The maximum absolute atomic E-state index is 8.61. The summed E-state index contributed by atoms with van der Waals surface area (Å²) in [5.74, 6) is 0.669. The van der Waals surface area contributed by atoms with Crippen LogP contribution in [-0.2, 0) is 6.54 Å². The Balaban J connectivity index is 2.63. The van der Waals surface area contributed by atoms with Gasteiger partial charge in [-0.3, -0.25) is 4.98 Å². The van der Waals surface area contributed by atoms with Crippen molar-refractivity contribution < 1.29 is 5.21 Å². The fourth-order valence-electron chi connectivity index (χ4n) is 1.61. The van der Waals surface area contributed by atoms with E-state index in [0.29, 0.717) is 17.7 Å². The Morgan fingerprint density at radius 1 is 1.56 bits per heavy atom. The highest BCUT2D eigenvalue weighted by Gasteiger charge is 2.09. The molecule has 0 saturated heterocycles. The van der Waals surface area contributed by atoms with Gasteiger partial charge in [-0.25, -0.2) is 0 Å². The zero-order valence-corrected chi connectivity index (χ0v) is 11.2. The van der Waals surface area contributed by atoms with Crippen molar-refractivity contribution in [2.75, 3.05) is 0 Å². The van der Waals surface area contributed by atoms with Crippen molar-refractivity contribution in [1.82, 2.24) is 10.3 Å². The van der Waals surface area contributed by atoms with Gasteiger partial charge in [-0.05, 0) is 30.5 Å². The number of nitrogens with zero attached hydrogens (tertiary/aromatic N) is 2. The zero-order chi connectivity index (χ0) is 13.5. The van der Waals surface area contributed by atoms with Crippen molar-refractivity contribution in [3.8, 4) is 0 Å². The summed E-state index contributed by atoms with van der Waals surface area (Å²) >= 11 is 0. The van der Waals surface area contributed by atoms with Gasteiger partial charge in [0.2, 0.25) is 0 Å². The van der Waals surface area contributed by atoms with Crippen LogP contribution in [0.1, 0.15) is 38.4 Å². The normalized spacial score (nSPS) is 15.4. The maximum Gasteiger partial charge on any atom is 0.188 e. The second-order valence-electron chi connectivity index (χ2n) is 4.59. The number of nitrogens with two attached hydrogens (primary N) is 1. The van der Waals surface area contributed by atoms with E-state index in [4.69, 9.17) is 10.9 Å². The second-order valence-corrected chi connectivity index (χ2v) is 4.59. The lowest BCUT2D eigenvalue weighted by Crippen LogP contribution is -2.31. The molecule has 0 aliphatic rings. The summed E-state index contributed by atoms with van der Waals surface area (Å²) in [4.78, 5) is 4.04. The SMILES string of the molecule is CCC(C)C(C)NCc1ccnc(C(N)=NO)c1. The number of amidine groups is 1. The van der Waals surface area contributed by atoms with E-state index in [1.165, 1.54) is 0 Å². The third-order valence-electron chi connectivity index (χ3n) is 3.32. The maximum atomic E-state index is 8.61. The van der Waals surface area contributed by atoms with Gasteiger partial charge in [0.1, 0.15) is 5.69 Å². The van der Waals surface area contributed by atoms with Gasteiger partial charge in [0.15, 0.2) is 5.84 Å². The van der Waals surface area contributed by atoms with Crippen LogP contribution in [0.15, 0.2) is 23.5 Å². The zero-order valence-electron chi connectivity index (χ0n) is 11.2. The van der Waals surface area contributed by atoms with Crippen LogP contribution in [0.3, 0.4) is 0 Å². The Hall–Kier alpha value is -1.62. The number of rotatable bonds is 6. The molecule has 100 valence electrons. The van der Waals surface area contributed by atoms with Gasteiger partial charge in [0.05, 0.1) is 0 Å². The van der Waals surface area contributed by atoms with Crippen LogP contribution >= 0.6 is 0 Å². The average molecular weight is 250 g/mol. The predicted molar refractivity (Wildman–Crippen MR) is 72.5 cm³/mol. The molecule has 0 aromatic carbocycles. The van der Waals surface area contributed by atoms with Crippen LogP contribution in [0.25, 0.3) is 0 Å². The second kappa shape index (κ2) is 6.96. The summed E-state index contributed by atoms with van der Waals surface area (Å²) in [7, 11) is 0. The molecule has 0 radical (unpaired) electrons. The molecule has 0 spiro atoms. The van der Waals surface area contributed by atoms with Crippen molar-refractivity contribution >= 4 is 5.84 Å². The molecular weight excluding hydrogens is 228 g/mol. The van der Waals surface area contributed by atoms with Gasteiger partial charge in [-0.2, -0.15) is 0 Å². The minimum absolute atomic E-state index is 0.0341. The van der Waals surface area contributed by atoms with E-state index >= 15 is 0 Å². The number of hydrogen-bond acceptors (Lipinski definition) is 4. The molecule has 0 bridgehead atoms. The molecule has 2 atom stereocenters. The van der Waals surface area contributed by atoms with E-state index < -0.39 is 0 Å². The number of oxime groups is 1. The quantitative estimate of drug-likeness (QED) is 0.310. The van der Waals surface area contributed by atoms with Gasteiger partial charge in [-0.15, -0.1) is 0 Å². The summed E-state index contributed by atoms with van der Waals surface area (Å²) in [6.45, 7) is 7.34. The molecule has 0 amide bonds. The third-order valence-corrected chi connectivity index (χ3v) is 3.32. The molecule has 5 heteroatoms. The van der Waals surface area contributed by atoms with E-state index in [2.05, 4.69) is 36.2 Å². The van der Waals surface area contributed by atoms with E-state index in [0.717, 1.165) is 18.5 Å². The highest BCUT2D eigenvalue weighted by Crippen LogP contribution is 2.08. The first-order chi connectivity index (χ1) is 8.58. The monoisotopic (exact) mass is 250 g/mol. The molecular formula is C13H22N4O. The van der Waals surface area contributed by atoms with Crippen LogP contribution < -0.4 is 11.1 Å². The molecule has 1 aromatic heterocycles. The number of hydrogen-bond donors (Lipinski definition) is 3. The lowest BCUT2D eigenvalue weighted by molar-refractivity contribution is 0.318. The molecule has 2 unspecified atom stereocenters. The Kier molecular flexibility index (Phi) is 5.58. The molecule has 0 aliphatic carbocycles. The number of nitrogens with one attached hydrogen (secondary N) is 1. The fraction of sp³-hybridized carbons (Fsp3) is 0.538. The smallest absolute Gasteiger partial charge is 0.188 e. The average Bonchev–Trinajstić information content (AvgIpc) is 2.43. The van der Waals surface area contributed by atoms with E-state index in [1.807, 2.05) is 12.1 Å². The van der Waals surface area contributed by atoms with Gasteiger partial charge in [0.25, 0.3) is 0 Å². The fourth-order valence-corrected chi connectivity index (χ4v) is 1.61. The molecule has 0 fully saturated rings. The van der Waals surface area contributed by atoms with Gasteiger partial charge >= 0.3 is 0 Å². The van der Waals surface area contributed by atoms with Crippen LogP contribution in [0.2, 0.25) is 0 Å². The van der Waals surface area contributed by atoms with Crippen molar-refractivity contribution in [2.24, 2.45) is 16.8 Å². The van der Waals surface area contributed by atoms with E-state index in [9.17, 15) is 0 Å². The van der Waals surface area contributed by atoms with Crippen molar-refractivity contribution in [3.05, 3.63) is 29.6 Å². The Labute approximate surface area is 108 Å². The van der Waals surface area contributed by atoms with Crippen LogP contribution in [0.4, 0.5) is 0 Å². The van der Waals surface area contributed by atoms with Gasteiger partial charge in [-0.1, -0.05) is 25.4 Å². The first-order valence-corrected chi connectivity index (χ1v) is 6.24. The number of aromatic nitrogens is 1. The molecule has 0 saturated carbocycles. The Bertz CT molecular complexity index is 406. The molecule has 4 N–H and O–H groups in total. The standard InChI is InChI=1S/C13H22N4O/c1-4-9(2)10(3)16-8-11-5-6-15-12(7-11)13(14)17-18/h5-7,9-10,16,18H,4,8H2,1-3H3,(H2,14,17). The molecule has 1 aromatic rings. The molecule has 5 nitrogen and oxygen atoms in total. The molecule has 1 heterocycles. The number of pyridine rings is 1. The molecule has 18 heavy (non-hydrogen) atoms. The van der Waals surface area contributed by atoms with Crippen LogP contribution in [0, 0.1) is 5.92 Å². The summed E-state index contributed by atoms with van der Waals surface area (Å²) in [5.41, 5.74) is 7.07. The van der Waals surface area contributed by atoms with Crippen molar-refractivity contribution in [1.29, 1.82) is 0 Å². The van der Waals surface area contributed by atoms with Gasteiger partial charge in [0, 0.05) is 18.8 Å². The first kappa shape index (κ1) is 14.4. The minimum Gasteiger partial charge on any atom is -0.409 e. The summed E-state index contributed by atoms with van der Waals surface area (Å²) in [6, 6.07) is 4.20. The molecule has 0 aliphatic heterocycles. The van der Waals surface area contributed by atoms with Crippen LogP contribution in [0.5, 0.6) is 0 Å². The summed E-state index contributed by atoms with van der Waals surface area (Å²) < 4.78 is 0. The minimum atomic E-state index is 0.0341.